The van der Waals surface area contributed by atoms with Gasteiger partial charge in [0.2, 0.25) is 0 Å². The van der Waals surface area contributed by atoms with E-state index >= 15 is 0 Å². The van der Waals surface area contributed by atoms with E-state index in [-0.39, 0.29) is 23.5 Å². The first-order valence-electron chi connectivity index (χ1n) is 8.33. The van der Waals surface area contributed by atoms with Crippen molar-refractivity contribution in [2.45, 2.75) is 12.7 Å². The molecular formula is C19H15F3N4O3. The van der Waals surface area contributed by atoms with Crippen LogP contribution >= 0.6 is 0 Å². The largest absolute Gasteiger partial charge is 0.467 e. The van der Waals surface area contributed by atoms with E-state index in [2.05, 4.69) is 15.5 Å². The monoisotopic (exact) mass is 404 g/mol. The van der Waals surface area contributed by atoms with E-state index in [0.29, 0.717) is 5.76 Å². The lowest BCUT2D eigenvalue weighted by molar-refractivity contribution is -0.137. The zero-order valence-electron chi connectivity index (χ0n) is 15.1. The van der Waals surface area contributed by atoms with Crippen molar-refractivity contribution in [3.8, 4) is 0 Å². The SMILES string of the molecule is CN(Cc1ccco1)C(=O)c1cc(NC(=O)c2cccnn2)cc(C(F)(F)F)c1. The Balaban J connectivity index is 1.89. The maximum absolute atomic E-state index is 13.3. The van der Waals surface area contributed by atoms with Gasteiger partial charge < -0.3 is 14.6 Å². The lowest BCUT2D eigenvalue weighted by Gasteiger charge is -2.18. The minimum Gasteiger partial charge on any atom is -0.467 e. The number of amides is 2. The first kappa shape index (κ1) is 20.1. The minimum atomic E-state index is -4.71. The highest BCUT2D eigenvalue weighted by Crippen LogP contribution is 2.32. The second-order valence-electron chi connectivity index (χ2n) is 6.10. The Morgan fingerprint density at radius 1 is 1.17 bits per heavy atom. The number of carbonyl (C=O) groups excluding carboxylic acids is 2. The number of nitrogens with zero attached hydrogens (tertiary/aromatic N) is 3. The van der Waals surface area contributed by atoms with Gasteiger partial charge >= 0.3 is 6.18 Å². The van der Waals surface area contributed by atoms with Crippen LogP contribution in [-0.4, -0.2) is 34.0 Å². The Kier molecular flexibility index (Phi) is 5.62. The van der Waals surface area contributed by atoms with Gasteiger partial charge in [-0.25, -0.2) is 0 Å². The van der Waals surface area contributed by atoms with Crippen LogP contribution in [0.25, 0.3) is 0 Å². The highest BCUT2D eigenvalue weighted by molar-refractivity contribution is 6.04. The molecule has 1 aromatic carbocycles. The average molecular weight is 404 g/mol. The number of benzene rings is 1. The summed E-state index contributed by atoms with van der Waals surface area (Å²) >= 11 is 0. The number of rotatable bonds is 5. The van der Waals surface area contributed by atoms with Crippen LogP contribution in [0.4, 0.5) is 18.9 Å². The smallest absolute Gasteiger partial charge is 0.416 e. The summed E-state index contributed by atoms with van der Waals surface area (Å²) in [5, 5.41) is 9.47. The van der Waals surface area contributed by atoms with Gasteiger partial charge in [0, 0.05) is 24.5 Å². The van der Waals surface area contributed by atoms with Crippen LogP contribution in [0.2, 0.25) is 0 Å². The molecule has 7 nitrogen and oxygen atoms in total. The third-order valence-corrected chi connectivity index (χ3v) is 3.89. The van der Waals surface area contributed by atoms with Crippen molar-refractivity contribution in [3.05, 3.63) is 77.5 Å². The predicted molar refractivity (Wildman–Crippen MR) is 95.9 cm³/mol. The molecule has 2 heterocycles. The number of aromatic nitrogens is 2. The maximum atomic E-state index is 13.3. The molecular weight excluding hydrogens is 389 g/mol. The molecule has 0 spiro atoms. The second-order valence-corrected chi connectivity index (χ2v) is 6.10. The van der Waals surface area contributed by atoms with Crippen molar-refractivity contribution in [1.82, 2.24) is 15.1 Å². The summed E-state index contributed by atoms with van der Waals surface area (Å²) in [6.07, 6.45) is -1.92. The van der Waals surface area contributed by atoms with Crippen LogP contribution in [0.3, 0.4) is 0 Å². The fraction of sp³-hybridized carbons (Fsp3) is 0.158. The number of anilines is 1. The molecule has 10 heteroatoms. The van der Waals surface area contributed by atoms with Crippen molar-refractivity contribution < 1.29 is 27.2 Å². The molecule has 0 atom stereocenters. The highest BCUT2D eigenvalue weighted by atomic mass is 19.4. The molecule has 0 fully saturated rings. The maximum Gasteiger partial charge on any atom is 0.416 e. The third-order valence-electron chi connectivity index (χ3n) is 3.89. The number of nitrogens with one attached hydrogen (secondary N) is 1. The van der Waals surface area contributed by atoms with E-state index < -0.39 is 23.6 Å². The highest BCUT2D eigenvalue weighted by Gasteiger charge is 2.32. The first-order valence-corrected chi connectivity index (χ1v) is 8.33. The van der Waals surface area contributed by atoms with Crippen molar-refractivity contribution in [2.75, 3.05) is 12.4 Å². The number of hydrogen-bond acceptors (Lipinski definition) is 5. The van der Waals surface area contributed by atoms with Gasteiger partial charge in [-0.1, -0.05) is 0 Å². The van der Waals surface area contributed by atoms with Crippen LogP contribution < -0.4 is 5.32 Å². The van der Waals surface area contributed by atoms with E-state index in [1.165, 1.54) is 42.6 Å². The summed E-state index contributed by atoms with van der Waals surface area (Å²) in [7, 11) is 1.43. The molecule has 0 saturated heterocycles. The number of furan rings is 1. The average Bonchev–Trinajstić information content (AvgIpc) is 3.20. The van der Waals surface area contributed by atoms with Crippen molar-refractivity contribution in [3.63, 3.8) is 0 Å². The predicted octanol–water partition coefficient (Wildman–Crippen LogP) is 3.61. The summed E-state index contributed by atoms with van der Waals surface area (Å²) in [6.45, 7) is 0.0728. The van der Waals surface area contributed by atoms with E-state index in [0.717, 1.165) is 12.1 Å². The van der Waals surface area contributed by atoms with Gasteiger partial charge in [-0.15, -0.1) is 5.10 Å². The Labute approximate surface area is 163 Å². The molecule has 0 aliphatic rings. The molecule has 0 saturated carbocycles. The standard InChI is InChI=1S/C19H15F3N4O3/c1-26(11-15-4-3-7-29-15)18(28)12-8-13(19(20,21)22)10-14(9-12)24-17(27)16-5-2-6-23-25-16/h2-10H,11H2,1H3,(H,24,27). The van der Waals surface area contributed by atoms with Crippen molar-refractivity contribution >= 4 is 17.5 Å². The van der Waals surface area contributed by atoms with Gasteiger partial charge in [-0.2, -0.15) is 18.3 Å². The van der Waals surface area contributed by atoms with Crippen LogP contribution in [-0.2, 0) is 12.7 Å². The second kappa shape index (κ2) is 8.13. The van der Waals surface area contributed by atoms with Crippen LogP contribution in [0.15, 0.2) is 59.3 Å². The normalized spacial score (nSPS) is 11.2. The van der Waals surface area contributed by atoms with Gasteiger partial charge in [0.25, 0.3) is 11.8 Å². The number of halogens is 3. The van der Waals surface area contributed by atoms with Gasteiger partial charge in [-0.05, 0) is 42.5 Å². The summed E-state index contributed by atoms with van der Waals surface area (Å²) in [5.41, 5.74) is -1.56. The molecule has 0 aliphatic heterocycles. The first-order chi connectivity index (χ1) is 13.7. The molecule has 0 unspecified atom stereocenters. The minimum absolute atomic E-state index is 0.0728. The fourth-order valence-electron chi connectivity index (χ4n) is 2.53. The zero-order chi connectivity index (χ0) is 21.0. The Morgan fingerprint density at radius 2 is 1.97 bits per heavy atom. The fourth-order valence-corrected chi connectivity index (χ4v) is 2.53. The molecule has 150 valence electrons. The van der Waals surface area contributed by atoms with Crippen LogP contribution in [0, 0.1) is 0 Å². The summed E-state index contributed by atoms with van der Waals surface area (Å²) < 4.78 is 45.1. The molecule has 3 rings (SSSR count). The molecule has 29 heavy (non-hydrogen) atoms. The summed E-state index contributed by atoms with van der Waals surface area (Å²) in [6, 6.07) is 8.76. The molecule has 0 bridgehead atoms. The zero-order valence-corrected chi connectivity index (χ0v) is 15.1. The van der Waals surface area contributed by atoms with E-state index in [9.17, 15) is 22.8 Å². The lowest BCUT2D eigenvalue weighted by Crippen LogP contribution is -2.26. The molecule has 0 aliphatic carbocycles. The van der Waals surface area contributed by atoms with E-state index in [1.54, 1.807) is 12.1 Å². The topological polar surface area (TPSA) is 88.3 Å². The summed E-state index contributed by atoms with van der Waals surface area (Å²) in [5.74, 6) is -0.939. The molecule has 3 aromatic rings. The third kappa shape index (κ3) is 4.98. The van der Waals surface area contributed by atoms with Crippen molar-refractivity contribution in [2.24, 2.45) is 0 Å². The van der Waals surface area contributed by atoms with E-state index in [1.807, 2.05) is 0 Å². The number of carbonyl (C=O) groups is 2. The van der Waals surface area contributed by atoms with E-state index in [4.69, 9.17) is 4.42 Å². The lowest BCUT2D eigenvalue weighted by atomic mass is 10.1. The molecule has 1 N–H and O–H groups in total. The van der Waals surface area contributed by atoms with Crippen LogP contribution in [0.5, 0.6) is 0 Å². The molecule has 0 radical (unpaired) electrons. The molecule has 2 aromatic heterocycles. The Morgan fingerprint density at radius 3 is 2.59 bits per heavy atom. The number of hydrogen-bond donors (Lipinski definition) is 1. The Hall–Kier alpha value is -3.69. The summed E-state index contributed by atoms with van der Waals surface area (Å²) in [4.78, 5) is 26.0. The molecule has 2 amide bonds. The van der Waals surface area contributed by atoms with Gasteiger partial charge in [0.05, 0.1) is 18.4 Å². The number of alkyl halides is 3. The van der Waals surface area contributed by atoms with Gasteiger partial charge in [0.1, 0.15) is 5.76 Å². The van der Waals surface area contributed by atoms with Gasteiger partial charge in [-0.3, -0.25) is 9.59 Å². The quantitative estimate of drug-likeness (QED) is 0.702. The van der Waals surface area contributed by atoms with Gasteiger partial charge in [0.15, 0.2) is 5.69 Å². The Bertz CT molecular complexity index is 1010. The van der Waals surface area contributed by atoms with Crippen LogP contribution in [0.1, 0.15) is 32.2 Å². The van der Waals surface area contributed by atoms with Crippen molar-refractivity contribution in [1.29, 1.82) is 0 Å².